The maximum absolute atomic E-state index is 12.8. The Balaban J connectivity index is 0.000000329. The van der Waals surface area contributed by atoms with Crippen molar-refractivity contribution in [2.45, 2.75) is 90.6 Å². The monoisotopic (exact) mass is 597 g/mol. The van der Waals surface area contributed by atoms with Gasteiger partial charge in [-0.05, 0) is 64.4 Å². The standard InChI is InChI=1S/C22H31NO3.C12H20N2O3/c1-3-23(4-2)17-11-12-18-26-21(24)22(25,19-13-7-5-8-14-19)20-15-9-6-10-16-20;1-12(2,3)13-6-11(17)8-4-5-10(16)9(7-15)14-8/h5,7-8,13-14,20,25H,3-4,6,9-10,15-18H2,1-2H3;4-5,11,13,15-17H,6-7H2,1-3H3. The molecule has 43 heavy (non-hydrogen) atoms. The van der Waals surface area contributed by atoms with Gasteiger partial charge in [0.15, 0.2) is 12.2 Å². The van der Waals surface area contributed by atoms with Crippen LogP contribution in [0, 0.1) is 17.8 Å². The number of carbonyl (C=O) groups is 1. The summed E-state index contributed by atoms with van der Waals surface area (Å²) in [6, 6.07) is 12.2. The first-order valence-corrected chi connectivity index (χ1v) is 15.3. The number of aromatic hydroxyl groups is 1. The van der Waals surface area contributed by atoms with Gasteiger partial charge in [0.2, 0.25) is 0 Å². The Hall–Kier alpha value is -3.00. The number of nitrogens with one attached hydrogen (secondary N) is 1. The SMILES string of the molecule is CC(C)(C)NCC(O)c1ccc(O)c(CO)n1.CCN(CC)CC#CCOC(=O)C(O)(c1ccccc1)C1CCCCC1. The molecular weight excluding hydrogens is 546 g/mol. The van der Waals surface area contributed by atoms with Crippen molar-refractivity contribution in [2.75, 3.05) is 32.8 Å². The highest BCUT2D eigenvalue weighted by Gasteiger charge is 2.47. The lowest BCUT2D eigenvalue weighted by atomic mass is 9.73. The predicted octanol–water partition coefficient (Wildman–Crippen LogP) is 4.04. The maximum Gasteiger partial charge on any atom is 0.344 e. The molecule has 1 aliphatic rings. The molecule has 9 heteroatoms. The number of β-amino-alcohol motifs (C(OH)–C–C–N with tert-alkyl or cyclic N) is 1. The molecule has 0 amide bonds. The summed E-state index contributed by atoms with van der Waals surface area (Å²) in [6.45, 7) is 12.8. The van der Waals surface area contributed by atoms with Crippen LogP contribution < -0.4 is 5.32 Å². The van der Waals surface area contributed by atoms with Crippen LogP contribution in [-0.2, 0) is 21.7 Å². The zero-order valence-electron chi connectivity index (χ0n) is 26.5. The summed E-state index contributed by atoms with van der Waals surface area (Å²) < 4.78 is 5.38. The van der Waals surface area contributed by atoms with Gasteiger partial charge in [0.25, 0.3) is 0 Å². The fraction of sp³-hybridized carbons (Fsp3) is 0.588. The van der Waals surface area contributed by atoms with E-state index < -0.39 is 17.7 Å². The van der Waals surface area contributed by atoms with Crippen molar-refractivity contribution in [3.8, 4) is 17.6 Å². The first-order valence-electron chi connectivity index (χ1n) is 15.3. The molecule has 1 heterocycles. The Morgan fingerprint density at radius 1 is 1.07 bits per heavy atom. The number of hydrogen-bond acceptors (Lipinski definition) is 9. The first-order chi connectivity index (χ1) is 20.5. The number of nitrogens with zero attached hydrogens (tertiary/aromatic N) is 2. The lowest BCUT2D eigenvalue weighted by molar-refractivity contribution is -0.174. The van der Waals surface area contributed by atoms with Gasteiger partial charge in [0, 0.05) is 18.0 Å². The van der Waals surface area contributed by atoms with Crippen molar-refractivity contribution in [3.63, 3.8) is 0 Å². The van der Waals surface area contributed by atoms with E-state index in [1.807, 2.05) is 51.1 Å². The van der Waals surface area contributed by atoms with Crippen LogP contribution in [0.25, 0.3) is 0 Å². The molecule has 238 valence electrons. The van der Waals surface area contributed by atoms with E-state index in [2.05, 4.69) is 40.9 Å². The number of carbonyl (C=O) groups excluding carboxylic acids is 1. The van der Waals surface area contributed by atoms with Crippen LogP contribution in [0.1, 0.15) is 89.8 Å². The summed E-state index contributed by atoms with van der Waals surface area (Å²) in [5, 5.41) is 42.7. The molecular formula is C34H51N3O6. The van der Waals surface area contributed by atoms with Crippen LogP contribution in [-0.4, -0.2) is 74.6 Å². The summed E-state index contributed by atoms with van der Waals surface area (Å²) >= 11 is 0. The number of benzene rings is 1. The van der Waals surface area contributed by atoms with Crippen molar-refractivity contribution >= 4 is 5.97 Å². The molecule has 5 N–H and O–H groups in total. The molecule has 2 atom stereocenters. The zero-order valence-corrected chi connectivity index (χ0v) is 26.5. The summed E-state index contributed by atoms with van der Waals surface area (Å²) in [7, 11) is 0. The van der Waals surface area contributed by atoms with Crippen LogP contribution in [0.2, 0.25) is 0 Å². The quantitative estimate of drug-likeness (QED) is 0.192. The molecule has 1 aromatic heterocycles. The minimum atomic E-state index is -1.58. The fourth-order valence-electron chi connectivity index (χ4n) is 4.93. The number of rotatable bonds is 11. The average molecular weight is 598 g/mol. The van der Waals surface area contributed by atoms with Crippen molar-refractivity contribution in [3.05, 3.63) is 59.4 Å². The highest BCUT2D eigenvalue weighted by atomic mass is 16.5. The summed E-state index contributed by atoms with van der Waals surface area (Å²) in [5.41, 5.74) is -0.436. The van der Waals surface area contributed by atoms with Crippen molar-refractivity contribution in [2.24, 2.45) is 5.92 Å². The van der Waals surface area contributed by atoms with Gasteiger partial charge >= 0.3 is 5.97 Å². The third-order valence-electron chi connectivity index (χ3n) is 7.61. The normalized spacial score (nSPS) is 15.8. The highest BCUT2D eigenvalue weighted by Crippen LogP contribution is 2.40. The predicted molar refractivity (Wildman–Crippen MR) is 168 cm³/mol. The van der Waals surface area contributed by atoms with Gasteiger partial charge in [-0.15, -0.1) is 0 Å². The van der Waals surface area contributed by atoms with Crippen molar-refractivity contribution < 1.29 is 30.0 Å². The van der Waals surface area contributed by atoms with Gasteiger partial charge < -0.3 is 30.5 Å². The number of hydrogen-bond donors (Lipinski definition) is 5. The average Bonchev–Trinajstić information content (AvgIpc) is 3.02. The third-order valence-corrected chi connectivity index (χ3v) is 7.61. The van der Waals surface area contributed by atoms with E-state index in [1.54, 1.807) is 6.07 Å². The summed E-state index contributed by atoms with van der Waals surface area (Å²) in [4.78, 5) is 19.0. The van der Waals surface area contributed by atoms with E-state index in [0.29, 0.717) is 24.3 Å². The second-order valence-corrected chi connectivity index (χ2v) is 11.9. The summed E-state index contributed by atoms with van der Waals surface area (Å²) in [6.07, 6.45) is 4.16. The minimum absolute atomic E-state index is 0.0158. The number of aromatic nitrogens is 1. The number of ether oxygens (including phenoxy) is 1. The Kier molecular flexibility index (Phi) is 15.1. The van der Waals surface area contributed by atoms with Gasteiger partial charge in [0.1, 0.15) is 17.5 Å². The van der Waals surface area contributed by atoms with Gasteiger partial charge in [-0.3, -0.25) is 4.90 Å². The third kappa shape index (κ3) is 11.5. The van der Waals surface area contributed by atoms with Crippen LogP contribution in [0.4, 0.5) is 0 Å². The molecule has 0 radical (unpaired) electrons. The first kappa shape index (κ1) is 36.2. The van der Waals surface area contributed by atoms with Crippen LogP contribution in [0.15, 0.2) is 42.5 Å². The highest BCUT2D eigenvalue weighted by molar-refractivity contribution is 5.81. The molecule has 2 unspecified atom stereocenters. The molecule has 1 aromatic carbocycles. The van der Waals surface area contributed by atoms with Crippen LogP contribution >= 0.6 is 0 Å². The molecule has 0 bridgehead atoms. The number of aliphatic hydroxyl groups is 3. The lowest BCUT2D eigenvalue weighted by Crippen LogP contribution is -2.45. The van der Waals surface area contributed by atoms with Gasteiger partial charge in [0.05, 0.1) is 18.8 Å². The second-order valence-electron chi connectivity index (χ2n) is 11.9. The van der Waals surface area contributed by atoms with E-state index in [1.165, 1.54) is 6.07 Å². The zero-order chi connectivity index (χ0) is 31.9. The molecule has 1 aliphatic carbocycles. The molecule has 1 fully saturated rings. The van der Waals surface area contributed by atoms with Crippen molar-refractivity contribution in [1.82, 2.24) is 15.2 Å². The maximum atomic E-state index is 12.8. The van der Waals surface area contributed by atoms with E-state index in [9.17, 15) is 20.1 Å². The molecule has 1 saturated carbocycles. The lowest BCUT2D eigenvalue weighted by Gasteiger charge is -2.36. The van der Waals surface area contributed by atoms with Crippen LogP contribution in [0.5, 0.6) is 5.75 Å². The van der Waals surface area contributed by atoms with Crippen molar-refractivity contribution in [1.29, 1.82) is 0 Å². The smallest absolute Gasteiger partial charge is 0.344 e. The molecule has 3 rings (SSSR count). The van der Waals surface area contributed by atoms with Gasteiger partial charge in [-0.25, -0.2) is 9.78 Å². The van der Waals surface area contributed by atoms with E-state index >= 15 is 0 Å². The molecule has 0 spiro atoms. The topological polar surface area (TPSA) is 135 Å². The Morgan fingerprint density at radius 3 is 2.30 bits per heavy atom. The number of aliphatic hydroxyl groups excluding tert-OH is 2. The minimum Gasteiger partial charge on any atom is -0.506 e. The molecule has 0 saturated heterocycles. The number of pyridine rings is 1. The van der Waals surface area contributed by atoms with E-state index in [0.717, 1.165) is 45.2 Å². The van der Waals surface area contributed by atoms with Crippen LogP contribution in [0.3, 0.4) is 0 Å². The molecule has 9 nitrogen and oxygen atoms in total. The molecule has 0 aliphatic heterocycles. The van der Waals surface area contributed by atoms with Gasteiger partial charge in [-0.1, -0.05) is 75.3 Å². The van der Waals surface area contributed by atoms with E-state index in [4.69, 9.17) is 9.84 Å². The second kappa shape index (κ2) is 18.0. The number of esters is 1. The largest absolute Gasteiger partial charge is 0.506 e. The summed E-state index contributed by atoms with van der Waals surface area (Å²) in [5.74, 6) is 5.19. The van der Waals surface area contributed by atoms with Gasteiger partial charge in [-0.2, -0.15) is 0 Å². The Bertz CT molecular complexity index is 1160. The fourth-order valence-corrected chi connectivity index (χ4v) is 4.93. The Morgan fingerprint density at radius 2 is 1.72 bits per heavy atom. The molecule has 2 aromatic rings. The van der Waals surface area contributed by atoms with E-state index in [-0.39, 0.29) is 36.1 Å². The Labute approximate surface area is 257 Å².